The lowest BCUT2D eigenvalue weighted by molar-refractivity contribution is -0.124. The van der Waals surface area contributed by atoms with Crippen molar-refractivity contribution >= 4 is 11.6 Å². The highest BCUT2D eigenvalue weighted by Gasteiger charge is 2.51. The predicted octanol–water partition coefficient (Wildman–Crippen LogP) is 4.68. The van der Waals surface area contributed by atoms with Gasteiger partial charge in [0.2, 0.25) is 5.91 Å². The largest absolute Gasteiger partial charge is 0.326 e. The molecule has 0 aliphatic heterocycles. The first-order chi connectivity index (χ1) is 10.5. The van der Waals surface area contributed by atoms with Gasteiger partial charge in [-0.25, -0.2) is 4.39 Å². The quantitative estimate of drug-likeness (QED) is 0.863. The number of hydrogen-bond acceptors (Lipinski definition) is 1. The van der Waals surface area contributed by atoms with E-state index in [4.69, 9.17) is 0 Å². The molecule has 4 saturated carbocycles. The van der Waals surface area contributed by atoms with Crippen molar-refractivity contribution in [3.05, 3.63) is 29.6 Å². The first-order valence-corrected chi connectivity index (χ1v) is 8.57. The van der Waals surface area contributed by atoms with E-state index in [1.165, 1.54) is 50.7 Å². The second-order valence-corrected chi connectivity index (χ2v) is 8.10. The fraction of sp³-hybridized carbons (Fsp3) is 0.632. The summed E-state index contributed by atoms with van der Waals surface area (Å²) in [7, 11) is 0. The lowest BCUT2D eigenvalue weighted by Crippen LogP contribution is -2.47. The van der Waals surface area contributed by atoms with Gasteiger partial charge in [-0.3, -0.25) is 4.79 Å². The molecule has 4 fully saturated rings. The van der Waals surface area contributed by atoms with Gasteiger partial charge in [-0.15, -0.1) is 0 Å². The summed E-state index contributed by atoms with van der Waals surface area (Å²) < 4.78 is 13.2. The SMILES string of the molecule is Cc1cc(F)ccc1NC(=O)CC12CC3CC(CC(C3)C1)C2. The minimum Gasteiger partial charge on any atom is -0.326 e. The number of anilines is 1. The molecule has 1 N–H and O–H groups in total. The van der Waals surface area contributed by atoms with Gasteiger partial charge in [0.05, 0.1) is 0 Å². The lowest BCUT2D eigenvalue weighted by Gasteiger charge is -2.56. The monoisotopic (exact) mass is 301 g/mol. The zero-order valence-corrected chi connectivity index (χ0v) is 13.2. The van der Waals surface area contributed by atoms with E-state index < -0.39 is 0 Å². The fourth-order valence-electron chi connectivity index (χ4n) is 5.81. The Morgan fingerprint density at radius 1 is 1.18 bits per heavy atom. The molecule has 2 nitrogen and oxygen atoms in total. The third-order valence-corrected chi connectivity index (χ3v) is 6.16. The van der Waals surface area contributed by atoms with E-state index in [-0.39, 0.29) is 17.1 Å². The van der Waals surface area contributed by atoms with E-state index in [0.717, 1.165) is 29.0 Å². The topological polar surface area (TPSA) is 29.1 Å². The van der Waals surface area contributed by atoms with Crippen LogP contribution in [0.15, 0.2) is 18.2 Å². The van der Waals surface area contributed by atoms with Crippen molar-refractivity contribution in [2.75, 3.05) is 5.32 Å². The number of halogens is 1. The van der Waals surface area contributed by atoms with Crippen LogP contribution in [0.1, 0.15) is 50.5 Å². The zero-order valence-electron chi connectivity index (χ0n) is 13.2. The van der Waals surface area contributed by atoms with Gasteiger partial charge in [-0.05, 0) is 92.4 Å². The molecule has 0 heterocycles. The van der Waals surface area contributed by atoms with Crippen molar-refractivity contribution in [1.82, 2.24) is 0 Å². The van der Waals surface area contributed by atoms with Gasteiger partial charge >= 0.3 is 0 Å². The molecular formula is C19H24FNO. The van der Waals surface area contributed by atoms with Gasteiger partial charge in [-0.1, -0.05) is 0 Å². The van der Waals surface area contributed by atoms with Crippen molar-refractivity contribution in [2.24, 2.45) is 23.2 Å². The molecule has 4 aliphatic rings. The number of hydrogen-bond donors (Lipinski definition) is 1. The van der Waals surface area contributed by atoms with Gasteiger partial charge < -0.3 is 5.32 Å². The van der Waals surface area contributed by atoms with Gasteiger partial charge in [0, 0.05) is 12.1 Å². The van der Waals surface area contributed by atoms with E-state index in [9.17, 15) is 9.18 Å². The Bertz CT molecular complexity index is 574. The first kappa shape index (κ1) is 14.2. The summed E-state index contributed by atoms with van der Waals surface area (Å²) in [6, 6.07) is 4.55. The van der Waals surface area contributed by atoms with E-state index in [1.807, 2.05) is 6.92 Å². The summed E-state index contributed by atoms with van der Waals surface area (Å²) in [5, 5.41) is 3.01. The Hall–Kier alpha value is -1.38. The second-order valence-electron chi connectivity index (χ2n) is 8.10. The molecule has 3 heteroatoms. The summed E-state index contributed by atoms with van der Waals surface area (Å²) in [5.41, 5.74) is 1.79. The zero-order chi connectivity index (χ0) is 15.3. The molecule has 1 aromatic carbocycles. The summed E-state index contributed by atoms with van der Waals surface area (Å²) in [5.74, 6) is 2.46. The minimum atomic E-state index is -0.253. The molecule has 0 spiro atoms. The Kier molecular flexibility index (Phi) is 3.28. The van der Waals surface area contributed by atoms with E-state index in [2.05, 4.69) is 5.32 Å². The van der Waals surface area contributed by atoms with Gasteiger partial charge in [-0.2, -0.15) is 0 Å². The number of amides is 1. The van der Waals surface area contributed by atoms with Crippen molar-refractivity contribution in [1.29, 1.82) is 0 Å². The van der Waals surface area contributed by atoms with Crippen LogP contribution in [0.25, 0.3) is 0 Å². The molecule has 1 amide bonds. The number of rotatable bonds is 3. The van der Waals surface area contributed by atoms with E-state index >= 15 is 0 Å². The van der Waals surface area contributed by atoms with Gasteiger partial charge in [0.25, 0.3) is 0 Å². The van der Waals surface area contributed by atoms with Crippen LogP contribution in [-0.4, -0.2) is 5.91 Å². The highest BCUT2D eigenvalue weighted by atomic mass is 19.1. The van der Waals surface area contributed by atoms with E-state index in [1.54, 1.807) is 6.07 Å². The number of nitrogens with one attached hydrogen (secondary N) is 1. The Morgan fingerprint density at radius 2 is 1.77 bits per heavy atom. The minimum absolute atomic E-state index is 0.108. The summed E-state index contributed by atoms with van der Waals surface area (Å²) in [6.07, 6.45) is 8.58. The van der Waals surface area contributed by atoms with Crippen LogP contribution in [0.2, 0.25) is 0 Å². The molecule has 0 radical (unpaired) electrons. The molecule has 0 saturated heterocycles. The lowest BCUT2D eigenvalue weighted by atomic mass is 9.49. The van der Waals surface area contributed by atoms with Crippen LogP contribution in [0.3, 0.4) is 0 Å². The van der Waals surface area contributed by atoms with Crippen LogP contribution in [0.5, 0.6) is 0 Å². The predicted molar refractivity (Wildman–Crippen MR) is 85.0 cm³/mol. The molecule has 0 atom stereocenters. The van der Waals surface area contributed by atoms with Crippen LogP contribution < -0.4 is 5.32 Å². The van der Waals surface area contributed by atoms with Crippen LogP contribution in [0, 0.1) is 35.9 Å². The smallest absolute Gasteiger partial charge is 0.224 e. The van der Waals surface area contributed by atoms with Crippen LogP contribution in [-0.2, 0) is 4.79 Å². The van der Waals surface area contributed by atoms with Gasteiger partial charge in [0.15, 0.2) is 0 Å². The highest BCUT2D eigenvalue weighted by molar-refractivity contribution is 5.91. The van der Waals surface area contributed by atoms with Crippen molar-refractivity contribution in [3.8, 4) is 0 Å². The molecule has 4 aliphatic carbocycles. The third-order valence-electron chi connectivity index (χ3n) is 6.16. The average Bonchev–Trinajstić information content (AvgIpc) is 2.39. The molecule has 0 aromatic heterocycles. The van der Waals surface area contributed by atoms with Crippen molar-refractivity contribution in [3.63, 3.8) is 0 Å². The summed E-state index contributed by atoms with van der Waals surface area (Å²) >= 11 is 0. The Morgan fingerprint density at radius 3 is 2.32 bits per heavy atom. The van der Waals surface area contributed by atoms with Crippen molar-refractivity contribution in [2.45, 2.75) is 51.9 Å². The van der Waals surface area contributed by atoms with Crippen LogP contribution in [0.4, 0.5) is 10.1 Å². The number of aryl methyl sites for hydroxylation is 1. The molecule has 0 unspecified atom stereocenters. The number of carbonyl (C=O) groups is 1. The maximum atomic E-state index is 13.2. The molecule has 1 aromatic rings. The summed E-state index contributed by atoms with van der Waals surface area (Å²) in [6.45, 7) is 1.84. The van der Waals surface area contributed by atoms with Crippen molar-refractivity contribution < 1.29 is 9.18 Å². The summed E-state index contributed by atoms with van der Waals surface area (Å²) in [4.78, 5) is 12.5. The molecular weight excluding hydrogens is 277 g/mol. The van der Waals surface area contributed by atoms with Gasteiger partial charge in [0.1, 0.15) is 5.82 Å². The molecule has 4 bridgehead atoms. The highest BCUT2D eigenvalue weighted by Crippen LogP contribution is 2.61. The van der Waals surface area contributed by atoms with Crippen LogP contribution >= 0.6 is 0 Å². The average molecular weight is 301 g/mol. The second kappa shape index (κ2) is 5.07. The van der Waals surface area contributed by atoms with E-state index in [0.29, 0.717) is 6.42 Å². The molecule has 118 valence electrons. The third kappa shape index (κ3) is 2.55. The molecule has 5 rings (SSSR count). The number of benzene rings is 1. The maximum absolute atomic E-state index is 13.2. The number of carbonyl (C=O) groups excluding carboxylic acids is 1. The molecule has 22 heavy (non-hydrogen) atoms. The maximum Gasteiger partial charge on any atom is 0.224 e. The standard InChI is InChI=1S/C19H24FNO/c1-12-4-16(20)2-3-17(12)21-18(22)11-19-8-13-5-14(9-19)7-15(6-13)10-19/h2-4,13-15H,5-11H2,1H3,(H,21,22). The Labute approximate surface area is 131 Å². The normalized spacial score (nSPS) is 35.6. The fourth-order valence-corrected chi connectivity index (χ4v) is 5.81. The Balaban J connectivity index is 1.46. The first-order valence-electron chi connectivity index (χ1n) is 8.57.